The van der Waals surface area contributed by atoms with Crippen molar-refractivity contribution in [3.63, 3.8) is 0 Å². The van der Waals surface area contributed by atoms with E-state index in [1.54, 1.807) is 11.0 Å². The Morgan fingerprint density at radius 1 is 1.13 bits per heavy atom. The molecule has 0 spiro atoms. The van der Waals surface area contributed by atoms with Crippen LogP contribution in [0.25, 0.3) is 6.08 Å². The molecule has 0 aromatic heterocycles. The molecule has 0 saturated carbocycles. The third-order valence-electron chi connectivity index (χ3n) is 3.94. The summed E-state index contributed by atoms with van der Waals surface area (Å²) in [6, 6.07) is 8.57. The molecule has 1 aromatic carbocycles. The number of nitrogens with zero attached hydrogens (tertiary/aromatic N) is 1. The van der Waals surface area contributed by atoms with Crippen LogP contribution in [-0.4, -0.2) is 47.6 Å². The maximum Gasteiger partial charge on any atom is 0.247 e. The van der Waals surface area contributed by atoms with Gasteiger partial charge in [-0.1, -0.05) is 43.2 Å². The fourth-order valence-electron chi connectivity index (χ4n) is 2.65. The van der Waals surface area contributed by atoms with E-state index in [-0.39, 0.29) is 18.4 Å². The van der Waals surface area contributed by atoms with Gasteiger partial charge in [0.25, 0.3) is 0 Å². The lowest BCUT2D eigenvalue weighted by atomic mass is 10.2. The minimum absolute atomic E-state index is 0.198. The van der Waals surface area contributed by atoms with Crippen molar-refractivity contribution in [2.75, 3.05) is 19.7 Å². The summed E-state index contributed by atoms with van der Waals surface area (Å²) >= 11 is 0. The largest absolute Gasteiger partial charge is 0.394 e. The number of hydrogen-bond acceptors (Lipinski definition) is 3. The van der Waals surface area contributed by atoms with Gasteiger partial charge in [-0.3, -0.25) is 9.59 Å². The highest BCUT2D eigenvalue weighted by molar-refractivity contribution is 5.95. The van der Waals surface area contributed by atoms with Crippen LogP contribution in [0.1, 0.15) is 31.2 Å². The molecule has 2 amide bonds. The molecule has 1 atom stereocenters. The number of likely N-dealkylation sites (tertiary alicyclic amines) is 1. The van der Waals surface area contributed by atoms with Crippen LogP contribution in [0.4, 0.5) is 0 Å². The van der Waals surface area contributed by atoms with Crippen molar-refractivity contribution in [3.8, 4) is 0 Å². The van der Waals surface area contributed by atoms with E-state index in [1.807, 2.05) is 30.3 Å². The molecule has 0 bridgehead atoms. The van der Waals surface area contributed by atoms with Crippen LogP contribution in [0.3, 0.4) is 0 Å². The molecule has 1 aromatic rings. The monoisotopic (exact) mass is 316 g/mol. The zero-order chi connectivity index (χ0) is 16.5. The van der Waals surface area contributed by atoms with Crippen LogP contribution < -0.4 is 5.32 Å². The van der Waals surface area contributed by atoms with Crippen molar-refractivity contribution in [1.82, 2.24) is 10.2 Å². The van der Waals surface area contributed by atoms with Crippen molar-refractivity contribution in [1.29, 1.82) is 0 Å². The number of amides is 2. The van der Waals surface area contributed by atoms with Crippen LogP contribution in [0.15, 0.2) is 36.4 Å². The molecule has 1 unspecified atom stereocenters. The van der Waals surface area contributed by atoms with E-state index in [0.29, 0.717) is 13.1 Å². The average Bonchev–Trinajstić information content (AvgIpc) is 2.87. The summed E-state index contributed by atoms with van der Waals surface area (Å²) < 4.78 is 0. The molecule has 124 valence electrons. The summed E-state index contributed by atoms with van der Waals surface area (Å²) in [4.78, 5) is 26.1. The first-order chi connectivity index (χ1) is 11.2. The lowest BCUT2D eigenvalue weighted by molar-refractivity contribution is -0.136. The van der Waals surface area contributed by atoms with Gasteiger partial charge in [-0.25, -0.2) is 0 Å². The fourth-order valence-corrected chi connectivity index (χ4v) is 2.65. The molecule has 0 aliphatic carbocycles. The van der Waals surface area contributed by atoms with Gasteiger partial charge in [0.05, 0.1) is 6.61 Å². The Kier molecular flexibility index (Phi) is 6.81. The molecule has 0 radical (unpaired) electrons. The van der Waals surface area contributed by atoms with E-state index in [0.717, 1.165) is 31.2 Å². The molecule has 1 heterocycles. The first kappa shape index (κ1) is 17.2. The van der Waals surface area contributed by atoms with Crippen molar-refractivity contribution in [2.24, 2.45) is 0 Å². The summed E-state index contributed by atoms with van der Waals surface area (Å²) in [5, 5.41) is 12.0. The van der Waals surface area contributed by atoms with E-state index < -0.39 is 6.04 Å². The van der Waals surface area contributed by atoms with Gasteiger partial charge in [0, 0.05) is 19.2 Å². The maximum absolute atomic E-state index is 12.4. The van der Waals surface area contributed by atoms with Gasteiger partial charge in [-0.05, 0) is 24.5 Å². The molecule has 2 N–H and O–H groups in total. The van der Waals surface area contributed by atoms with Gasteiger partial charge >= 0.3 is 0 Å². The Bertz CT molecular complexity index is 534. The Labute approximate surface area is 137 Å². The lowest BCUT2D eigenvalue weighted by Gasteiger charge is -2.25. The molecule has 1 saturated heterocycles. The van der Waals surface area contributed by atoms with Crippen molar-refractivity contribution >= 4 is 17.9 Å². The molecule has 1 aliphatic heterocycles. The molecular weight excluding hydrogens is 292 g/mol. The van der Waals surface area contributed by atoms with E-state index in [4.69, 9.17) is 0 Å². The molecule has 5 heteroatoms. The molecule has 2 rings (SSSR count). The third kappa shape index (κ3) is 5.53. The first-order valence-electron chi connectivity index (χ1n) is 8.14. The van der Waals surface area contributed by atoms with Gasteiger partial charge in [-0.2, -0.15) is 0 Å². The van der Waals surface area contributed by atoms with E-state index in [1.165, 1.54) is 6.08 Å². The quantitative estimate of drug-likeness (QED) is 0.810. The van der Waals surface area contributed by atoms with Crippen LogP contribution >= 0.6 is 0 Å². The van der Waals surface area contributed by atoms with Crippen molar-refractivity contribution in [2.45, 2.75) is 31.7 Å². The second-order valence-electron chi connectivity index (χ2n) is 5.73. The smallest absolute Gasteiger partial charge is 0.247 e. The minimum atomic E-state index is -0.874. The summed E-state index contributed by atoms with van der Waals surface area (Å²) in [6.07, 6.45) is 7.27. The van der Waals surface area contributed by atoms with Crippen molar-refractivity contribution in [3.05, 3.63) is 42.0 Å². The third-order valence-corrected chi connectivity index (χ3v) is 3.94. The first-order valence-corrected chi connectivity index (χ1v) is 8.14. The topological polar surface area (TPSA) is 69.6 Å². The van der Waals surface area contributed by atoms with Gasteiger partial charge in [0.2, 0.25) is 11.8 Å². The molecular formula is C18H24N2O3. The summed E-state index contributed by atoms with van der Waals surface area (Å²) in [5.74, 6) is -0.577. The summed E-state index contributed by atoms with van der Waals surface area (Å²) in [5.41, 5.74) is 0.905. The number of aliphatic hydroxyl groups excluding tert-OH is 1. The average molecular weight is 316 g/mol. The second kappa shape index (κ2) is 9.10. The summed E-state index contributed by atoms with van der Waals surface area (Å²) in [7, 11) is 0. The number of hydrogen-bond donors (Lipinski definition) is 2. The SMILES string of the molecule is O=C(C=Cc1ccccc1)NC(CO)C(=O)N1CCCCCC1. The molecule has 23 heavy (non-hydrogen) atoms. The Morgan fingerprint density at radius 3 is 2.39 bits per heavy atom. The van der Waals surface area contributed by atoms with Crippen LogP contribution in [-0.2, 0) is 9.59 Å². The van der Waals surface area contributed by atoms with Crippen LogP contribution in [0.5, 0.6) is 0 Å². The normalized spacial score (nSPS) is 16.8. The zero-order valence-electron chi connectivity index (χ0n) is 13.3. The van der Waals surface area contributed by atoms with Crippen LogP contribution in [0, 0.1) is 0 Å². The van der Waals surface area contributed by atoms with E-state index in [2.05, 4.69) is 5.32 Å². The maximum atomic E-state index is 12.4. The molecule has 1 fully saturated rings. The number of nitrogens with one attached hydrogen (secondary N) is 1. The van der Waals surface area contributed by atoms with Crippen LogP contribution in [0.2, 0.25) is 0 Å². The van der Waals surface area contributed by atoms with Gasteiger partial charge in [-0.15, -0.1) is 0 Å². The predicted octanol–water partition coefficient (Wildman–Crippen LogP) is 1.58. The highest BCUT2D eigenvalue weighted by atomic mass is 16.3. The summed E-state index contributed by atoms with van der Waals surface area (Å²) in [6.45, 7) is 1.01. The minimum Gasteiger partial charge on any atom is -0.394 e. The number of aliphatic hydroxyl groups is 1. The van der Waals surface area contributed by atoms with Crippen molar-refractivity contribution < 1.29 is 14.7 Å². The number of benzene rings is 1. The highest BCUT2D eigenvalue weighted by Crippen LogP contribution is 2.11. The molecule has 5 nitrogen and oxygen atoms in total. The molecule has 1 aliphatic rings. The van der Waals surface area contributed by atoms with Gasteiger partial charge in [0.1, 0.15) is 6.04 Å². The van der Waals surface area contributed by atoms with E-state index >= 15 is 0 Å². The Morgan fingerprint density at radius 2 is 1.78 bits per heavy atom. The second-order valence-corrected chi connectivity index (χ2v) is 5.73. The number of rotatable bonds is 5. The number of carbonyl (C=O) groups excluding carboxylic acids is 2. The van der Waals surface area contributed by atoms with Gasteiger partial charge < -0.3 is 15.3 Å². The van der Waals surface area contributed by atoms with E-state index in [9.17, 15) is 14.7 Å². The Balaban J connectivity index is 1.91. The fraction of sp³-hybridized carbons (Fsp3) is 0.444. The Hall–Kier alpha value is -2.14. The zero-order valence-corrected chi connectivity index (χ0v) is 13.3. The highest BCUT2D eigenvalue weighted by Gasteiger charge is 2.25. The number of carbonyl (C=O) groups is 2. The standard InChI is InChI=1S/C18H24N2O3/c21-14-16(18(23)20-12-6-1-2-7-13-20)19-17(22)11-10-15-8-4-3-5-9-15/h3-5,8-11,16,21H,1-2,6-7,12-14H2,(H,19,22). The lowest BCUT2D eigenvalue weighted by Crippen LogP contribution is -2.50. The predicted molar refractivity (Wildman–Crippen MR) is 89.5 cm³/mol. The van der Waals surface area contributed by atoms with Gasteiger partial charge in [0.15, 0.2) is 0 Å².